The number of nitrogens with two attached hydrogens (primary N) is 1. The Morgan fingerprint density at radius 3 is 2.59 bits per heavy atom. The van der Waals surface area contributed by atoms with Gasteiger partial charge in [0, 0.05) is 31.1 Å². The fraction of sp³-hybridized carbons (Fsp3) is 0.682. The first-order valence-electron chi connectivity index (χ1n) is 10.8. The van der Waals surface area contributed by atoms with Gasteiger partial charge in [0.05, 0.1) is 6.61 Å². The summed E-state index contributed by atoms with van der Waals surface area (Å²) in [5.41, 5.74) is 7.17. The number of nitrogens with zero attached hydrogens (tertiary/aromatic N) is 2. The number of nitrogens with one attached hydrogen (secondary N) is 1. The molecule has 3 fully saturated rings. The molecular formula is C22H34N4O. The molecule has 0 aliphatic carbocycles. The summed E-state index contributed by atoms with van der Waals surface area (Å²) in [5.74, 6) is 1.16. The highest BCUT2D eigenvalue weighted by Crippen LogP contribution is 2.40. The SMILES string of the molecule is N=C(N)N1CCCCC1CCOc1ccc([C@H]2CC[C@H]3CCCCN32)cc1. The molecule has 3 heterocycles. The lowest BCUT2D eigenvalue weighted by Crippen LogP contribution is -2.47. The molecular weight excluding hydrogens is 336 g/mol. The van der Waals surface area contributed by atoms with E-state index in [4.69, 9.17) is 15.9 Å². The van der Waals surface area contributed by atoms with Crippen molar-refractivity contribution in [3.63, 3.8) is 0 Å². The van der Waals surface area contributed by atoms with Crippen LogP contribution in [-0.2, 0) is 0 Å². The Labute approximate surface area is 163 Å². The van der Waals surface area contributed by atoms with Crippen molar-refractivity contribution < 1.29 is 4.74 Å². The van der Waals surface area contributed by atoms with Crippen molar-refractivity contribution in [1.29, 1.82) is 5.41 Å². The van der Waals surface area contributed by atoms with Crippen molar-refractivity contribution in [3.8, 4) is 5.75 Å². The van der Waals surface area contributed by atoms with Crippen LogP contribution in [0.4, 0.5) is 0 Å². The minimum Gasteiger partial charge on any atom is -0.494 e. The van der Waals surface area contributed by atoms with Crippen LogP contribution >= 0.6 is 0 Å². The van der Waals surface area contributed by atoms with Crippen LogP contribution in [0.3, 0.4) is 0 Å². The van der Waals surface area contributed by atoms with E-state index < -0.39 is 0 Å². The van der Waals surface area contributed by atoms with Gasteiger partial charge in [0.15, 0.2) is 5.96 Å². The first-order valence-corrected chi connectivity index (χ1v) is 10.8. The molecule has 1 aromatic rings. The molecule has 0 spiro atoms. The van der Waals surface area contributed by atoms with Gasteiger partial charge in [-0.2, -0.15) is 0 Å². The average molecular weight is 371 g/mol. The van der Waals surface area contributed by atoms with Crippen LogP contribution in [0.25, 0.3) is 0 Å². The molecule has 0 amide bonds. The minimum atomic E-state index is 0.205. The van der Waals surface area contributed by atoms with Crippen molar-refractivity contribution in [2.45, 2.75) is 75.9 Å². The van der Waals surface area contributed by atoms with E-state index in [-0.39, 0.29) is 5.96 Å². The third kappa shape index (κ3) is 4.23. The van der Waals surface area contributed by atoms with E-state index >= 15 is 0 Å². The van der Waals surface area contributed by atoms with E-state index in [1.807, 2.05) is 4.90 Å². The number of rotatable bonds is 5. The van der Waals surface area contributed by atoms with Crippen molar-refractivity contribution in [3.05, 3.63) is 29.8 Å². The molecule has 3 N–H and O–H groups in total. The van der Waals surface area contributed by atoms with Gasteiger partial charge in [-0.1, -0.05) is 18.6 Å². The number of ether oxygens (including phenoxy) is 1. The minimum absolute atomic E-state index is 0.205. The number of likely N-dealkylation sites (tertiary alicyclic amines) is 1. The molecule has 5 heteroatoms. The van der Waals surface area contributed by atoms with Gasteiger partial charge < -0.3 is 15.4 Å². The maximum Gasteiger partial charge on any atom is 0.188 e. The summed E-state index contributed by atoms with van der Waals surface area (Å²) in [6.45, 7) is 2.86. The summed E-state index contributed by atoms with van der Waals surface area (Å²) in [7, 11) is 0. The van der Waals surface area contributed by atoms with Crippen LogP contribution in [0.1, 0.15) is 69.4 Å². The quantitative estimate of drug-likeness (QED) is 0.609. The molecule has 1 aromatic carbocycles. The maximum absolute atomic E-state index is 7.75. The number of piperidine rings is 2. The molecule has 3 saturated heterocycles. The van der Waals surface area contributed by atoms with E-state index in [2.05, 4.69) is 29.2 Å². The number of benzene rings is 1. The van der Waals surface area contributed by atoms with Crippen LogP contribution < -0.4 is 10.5 Å². The third-order valence-corrected chi connectivity index (χ3v) is 6.77. The molecule has 3 aliphatic rings. The number of hydrogen-bond acceptors (Lipinski definition) is 3. The number of guanidine groups is 1. The lowest BCUT2D eigenvalue weighted by atomic mass is 10.00. The molecule has 5 nitrogen and oxygen atoms in total. The molecule has 0 radical (unpaired) electrons. The molecule has 27 heavy (non-hydrogen) atoms. The largest absolute Gasteiger partial charge is 0.494 e. The van der Waals surface area contributed by atoms with Crippen LogP contribution in [-0.4, -0.2) is 47.5 Å². The van der Waals surface area contributed by atoms with Crippen molar-refractivity contribution in [2.24, 2.45) is 5.73 Å². The third-order valence-electron chi connectivity index (χ3n) is 6.77. The van der Waals surface area contributed by atoms with E-state index in [0.717, 1.165) is 37.6 Å². The summed E-state index contributed by atoms with van der Waals surface area (Å²) in [6.07, 6.45) is 11.2. The predicted octanol–water partition coefficient (Wildman–Crippen LogP) is 3.89. The highest BCUT2D eigenvalue weighted by Gasteiger charge is 2.35. The van der Waals surface area contributed by atoms with Gasteiger partial charge in [-0.05, 0) is 69.2 Å². The van der Waals surface area contributed by atoms with Crippen molar-refractivity contribution >= 4 is 5.96 Å². The molecule has 1 unspecified atom stereocenters. The summed E-state index contributed by atoms with van der Waals surface area (Å²) in [6, 6.07) is 10.6. The predicted molar refractivity (Wildman–Crippen MR) is 109 cm³/mol. The standard InChI is InChI=1S/C22H34N4O/c23-22(24)26-15-4-2-6-19(26)13-16-27-20-10-7-17(8-11-20)21-12-9-18-5-1-3-14-25(18)21/h7-8,10-11,18-19,21H,1-6,9,12-16H2,(H3,23,24)/t18-,19?,21-/m1/s1. The van der Waals surface area contributed by atoms with Gasteiger partial charge in [0.25, 0.3) is 0 Å². The van der Waals surface area contributed by atoms with E-state index in [1.54, 1.807) is 0 Å². The van der Waals surface area contributed by atoms with Crippen LogP contribution in [0.15, 0.2) is 24.3 Å². The van der Waals surface area contributed by atoms with Crippen LogP contribution in [0.2, 0.25) is 0 Å². The normalized spacial score (nSPS) is 28.7. The Morgan fingerprint density at radius 2 is 1.78 bits per heavy atom. The highest BCUT2D eigenvalue weighted by molar-refractivity contribution is 5.75. The molecule has 3 atom stereocenters. The zero-order valence-electron chi connectivity index (χ0n) is 16.4. The topological polar surface area (TPSA) is 65.6 Å². The van der Waals surface area contributed by atoms with Crippen molar-refractivity contribution in [1.82, 2.24) is 9.80 Å². The first-order chi connectivity index (χ1) is 13.2. The lowest BCUT2D eigenvalue weighted by Gasteiger charge is -2.36. The zero-order chi connectivity index (χ0) is 18.6. The Balaban J connectivity index is 1.29. The Morgan fingerprint density at radius 1 is 1.00 bits per heavy atom. The van der Waals surface area contributed by atoms with Gasteiger partial charge in [0.2, 0.25) is 0 Å². The maximum atomic E-state index is 7.75. The monoisotopic (exact) mass is 370 g/mol. The molecule has 4 rings (SSSR count). The smallest absolute Gasteiger partial charge is 0.188 e. The molecule has 0 saturated carbocycles. The van der Waals surface area contributed by atoms with Crippen LogP contribution in [0.5, 0.6) is 5.75 Å². The number of fused-ring (bicyclic) bond motifs is 1. The second-order valence-corrected chi connectivity index (χ2v) is 8.41. The fourth-order valence-corrected chi connectivity index (χ4v) is 5.33. The molecule has 3 aliphatic heterocycles. The summed E-state index contributed by atoms with van der Waals surface area (Å²) >= 11 is 0. The van der Waals surface area contributed by atoms with E-state index in [9.17, 15) is 0 Å². The second-order valence-electron chi connectivity index (χ2n) is 8.41. The molecule has 0 bridgehead atoms. The van der Waals surface area contributed by atoms with E-state index in [0.29, 0.717) is 18.7 Å². The Bertz CT molecular complexity index is 632. The number of hydrogen-bond donors (Lipinski definition) is 2. The van der Waals surface area contributed by atoms with E-state index in [1.165, 1.54) is 50.6 Å². The van der Waals surface area contributed by atoms with Crippen LogP contribution in [0, 0.1) is 5.41 Å². The zero-order valence-corrected chi connectivity index (χ0v) is 16.4. The lowest BCUT2D eigenvalue weighted by molar-refractivity contribution is 0.150. The van der Waals surface area contributed by atoms with Gasteiger partial charge in [-0.3, -0.25) is 10.3 Å². The first kappa shape index (κ1) is 18.6. The fourth-order valence-electron chi connectivity index (χ4n) is 5.33. The Kier molecular flexibility index (Phi) is 5.86. The summed E-state index contributed by atoms with van der Waals surface area (Å²) in [5, 5.41) is 7.75. The van der Waals surface area contributed by atoms with Gasteiger partial charge >= 0.3 is 0 Å². The van der Waals surface area contributed by atoms with Gasteiger partial charge in [0.1, 0.15) is 5.75 Å². The molecule has 148 valence electrons. The summed E-state index contributed by atoms with van der Waals surface area (Å²) < 4.78 is 6.01. The van der Waals surface area contributed by atoms with Gasteiger partial charge in [-0.15, -0.1) is 0 Å². The Hall–Kier alpha value is -1.75. The van der Waals surface area contributed by atoms with Gasteiger partial charge in [-0.25, -0.2) is 0 Å². The summed E-state index contributed by atoms with van der Waals surface area (Å²) in [4.78, 5) is 4.77. The second kappa shape index (κ2) is 8.51. The average Bonchev–Trinajstić information content (AvgIpc) is 3.13. The molecule has 0 aromatic heterocycles. The van der Waals surface area contributed by atoms with Crippen molar-refractivity contribution in [2.75, 3.05) is 19.7 Å². The highest BCUT2D eigenvalue weighted by atomic mass is 16.5.